The number of unbranched alkanes of at least 4 members (excludes halogenated alkanes) is 2. The van der Waals surface area contributed by atoms with E-state index in [1.54, 1.807) is 0 Å². The number of carbonyl (C=O) groups excluding carboxylic acids is 3. The molecule has 0 aliphatic heterocycles. The summed E-state index contributed by atoms with van der Waals surface area (Å²) in [5, 5.41) is 2.84. The van der Waals surface area contributed by atoms with Crippen LogP contribution < -0.4 is 16.2 Å². The van der Waals surface area contributed by atoms with E-state index >= 15 is 0 Å². The van der Waals surface area contributed by atoms with Gasteiger partial charge in [0.05, 0.1) is 0 Å². The topological polar surface area (TPSA) is 87.3 Å². The van der Waals surface area contributed by atoms with E-state index in [4.69, 9.17) is 0 Å². The summed E-state index contributed by atoms with van der Waals surface area (Å²) in [5.74, 6) is -1.85. The Kier molecular flexibility index (Phi) is 9.21. The molecule has 1 unspecified atom stereocenters. The van der Waals surface area contributed by atoms with Crippen LogP contribution in [0.2, 0.25) is 0 Å². The summed E-state index contributed by atoms with van der Waals surface area (Å²) in [5.41, 5.74) is 4.49. The summed E-state index contributed by atoms with van der Waals surface area (Å²) < 4.78 is 13.0. The van der Waals surface area contributed by atoms with Crippen LogP contribution in [0.4, 0.5) is 4.39 Å². The largest absolute Gasteiger partial charge is 0.354 e. The van der Waals surface area contributed by atoms with Crippen LogP contribution in [0.15, 0.2) is 24.3 Å². The van der Waals surface area contributed by atoms with E-state index in [0.29, 0.717) is 0 Å². The lowest BCUT2D eigenvalue weighted by Gasteiger charge is -2.13. The maximum absolute atomic E-state index is 13.0. The Labute approximate surface area is 147 Å². The highest BCUT2D eigenvalue weighted by Crippen LogP contribution is 2.04. The lowest BCUT2D eigenvalue weighted by atomic mass is 10.1. The minimum atomic E-state index is -0.623. The molecule has 0 radical (unpaired) electrons. The molecule has 1 aromatic carbocycles. The minimum absolute atomic E-state index is 0.0415. The van der Waals surface area contributed by atoms with E-state index < -0.39 is 17.6 Å². The molecule has 138 valence electrons. The molecule has 0 heterocycles. The molecule has 0 aliphatic carbocycles. The molecule has 7 heteroatoms. The van der Waals surface area contributed by atoms with Gasteiger partial charge in [-0.25, -0.2) is 4.39 Å². The zero-order valence-corrected chi connectivity index (χ0v) is 14.7. The van der Waals surface area contributed by atoms with Crippen molar-refractivity contribution in [1.29, 1.82) is 0 Å². The lowest BCUT2D eigenvalue weighted by Crippen LogP contribution is -2.42. The first kappa shape index (κ1) is 20.6. The monoisotopic (exact) mass is 351 g/mol. The van der Waals surface area contributed by atoms with E-state index in [-0.39, 0.29) is 30.4 Å². The number of hydrogen-bond donors (Lipinski definition) is 3. The molecule has 6 nitrogen and oxygen atoms in total. The van der Waals surface area contributed by atoms with Gasteiger partial charge < -0.3 is 5.32 Å². The third-order valence-electron chi connectivity index (χ3n) is 3.63. The fraction of sp³-hybridized carbons (Fsp3) is 0.500. The number of hydrazine groups is 1. The van der Waals surface area contributed by atoms with Gasteiger partial charge in [0.2, 0.25) is 11.8 Å². The Morgan fingerprint density at radius 2 is 1.80 bits per heavy atom. The van der Waals surface area contributed by atoms with Crippen LogP contribution >= 0.6 is 0 Å². The summed E-state index contributed by atoms with van der Waals surface area (Å²) in [6, 6.07) is 5.19. The second-order valence-corrected chi connectivity index (χ2v) is 5.98. The number of amides is 3. The van der Waals surface area contributed by atoms with Gasteiger partial charge in [0, 0.05) is 24.4 Å². The molecule has 0 aliphatic rings. The fourth-order valence-corrected chi connectivity index (χ4v) is 2.24. The van der Waals surface area contributed by atoms with Gasteiger partial charge >= 0.3 is 0 Å². The fourth-order valence-electron chi connectivity index (χ4n) is 2.24. The molecular weight excluding hydrogens is 325 g/mol. The van der Waals surface area contributed by atoms with Crippen molar-refractivity contribution in [2.75, 3.05) is 0 Å². The zero-order chi connectivity index (χ0) is 18.7. The first-order valence-electron chi connectivity index (χ1n) is 8.56. The quantitative estimate of drug-likeness (QED) is 0.472. The van der Waals surface area contributed by atoms with Crippen LogP contribution in [0.3, 0.4) is 0 Å². The minimum Gasteiger partial charge on any atom is -0.354 e. The zero-order valence-electron chi connectivity index (χ0n) is 14.7. The molecule has 0 saturated heterocycles. The number of hydrogen-bond acceptors (Lipinski definition) is 3. The highest BCUT2D eigenvalue weighted by Gasteiger charge is 2.11. The van der Waals surface area contributed by atoms with E-state index in [0.717, 1.165) is 31.7 Å². The number of halogens is 1. The van der Waals surface area contributed by atoms with Crippen LogP contribution in [0.5, 0.6) is 0 Å². The van der Waals surface area contributed by atoms with Gasteiger partial charge in [-0.3, -0.25) is 25.2 Å². The number of carbonyl (C=O) groups is 3. The maximum atomic E-state index is 13.0. The summed E-state index contributed by atoms with van der Waals surface area (Å²) >= 11 is 0. The first-order chi connectivity index (χ1) is 11.9. The predicted octanol–water partition coefficient (Wildman–Crippen LogP) is 2.45. The van der Waals surface area contributed by atoms with Gasteiger partial charge in [0.1, 0.15) is 5.82 Å². The van der Waals surface area contributed by atoms with Crippen LogP contribution in [-0.2, 0) is 9.59 Å². The molecular formula is C18H26FN3O3. The second-order valence-electron chi connectivity index (χ2n) is 5.98. The molecule has 3 N–H and O–H groups in total. The Morgan fingerprint density at radius 1 is 1.08 bits per heavy atom. The van der Waals surface area contributed by atoms with E-state index in [2.05, 4.69) is 23.1 Å². The number of rotatable bonds is 9. The maximum Gasteiger partial charge on any atom is 0.269 e. The Hall–Kier alpha value is -2.44. The molecule has 0 spiro atoms. The van der Waals surface area contributed by atoms with Crippen molar-refractivity contribution in [1.82, 2.24) is 16.2 Å². The van der Waals surface area contributed by atoms with Crippen molar-refractivity contribution in [2.24, 2.45) is 0 Å². The highest BCUT2D eigenvalue weighted by atomic mass is 19.1. The summed E-state index contributed by atoms with van der Waals surface area (Å²) in [4.78, 5) is 35.2. The highest BCUT2D eigenvalue weighted by molar-refractivity contribution is 5.95. The smallest absolute Gasteiger partial charge is 0.269 e. The van der Waals surface area contributed by atoms with Gasteiger partial charge in [-0.05, 0) is 31.5 Å². The van der Waals surface area contributed by atoms with E-state index in [1.165, 1.54) is 18.2 Å². The molecule has 0 fully saturated rings. The summed E-state index contributed by atoms with van der Waals surface area (Å²) in [7, 11) is 0. The molecule has 1 aromatic rings. The summed E-state index contributed by atoms with van der Waals surface area (Å²) in [6.07, 6.45) is 4.23. The SMILES string of the molecule is CCCCCC(C)NC(=O)CCC(=O)NNC(=O)c1cccc(F)c1. The second kappa shape index (κ2) is 11.2. The van der Waals surface area contributed by atoms with Crippen LogP contribution in [0.25, 0.3) is 0 Å². The van der Waals surface area contributed by atoms with E-state index in [1.807, 2.05) is 6.92 Å². The predicted molar refractivity (Wildman–Crippen MR) is 93.0 cm³/mol. The van der Waals surface area contributed by atoms with Crippen molar-refractivity contribution in [2.45, 2.75) is 58.4 Å². The van der Waals surface area contributed by atoms with Crippen LogP contribution in [0.1, 0.15) is 62.7 Å². The summed E-state index contributed by atoms with van der Waals surface area (Å²) in [6.45, 7) is 4.06. The average molecular weight is 351 g/mol. The lowest BCUT2D eigenvalue weighted by molar-refractivity contribution is -0.127. The number of benzene rings is 1. The van der Waals surface area contributed by atoms with Crippen molar-refractivity contribution >= 4 is 17.7 Å². The molecule has 3 amide bonds. The molecule has 0 aromatic heterocycles. The molecule has 1 atom stereocenters. The third-order valence-corrected chi connectivity index (χ3v) is 3.63. The Bertz CT molecular complexity index is 593. The van der Waals surface area contributed by atoms with Gasteiger partial charge in [0.25, 0.3) is 5.91 Å². The third kappa shape index (κ3) is 8.83. The van der Waals surface area contributed by atoms with Gasteiger partial charge in [0.15, 0.2) is 0 Å². The van der Waals surface area contributed by atoms with Gasteiger partial charge in [-0.1, -0.05) is 32.3 Å². The van der Waals surface area contributed by atoms with Crippen molar-refractivity contribution in [3.8, 4) is 0 Å². The first-order valence-corrected chi connectivity index (χ1v) is 8.56. The van der Waals surface area contributed by atoms with Crippen molar-refractivity contribution in [3.63, 3.8) is 0 Å². The molecule has 0 bridgehead atoms. The Morgan fingerprint density at radius 3 is 2.48 bits per heavy atom. The van der Waals surface area contributed by atoms with Gasteiger partial charge in [-0.15, -0.1) is 0 Å². The van der Waals surface area contributed by atoms with E-state index in [9.17, 15) is 18.8 Å². The Balaban J connectivity index is 2.23. The molecule has 1 rings (SSSR count). The van der Waals surface area contributed by atoms with Crippen LogP contribution in [-0.4, -0.2) is 23.8 Å². The van der Waals surface area contributed by atoms with Crippen molar-refractivity contribution < 1.29 is 18.8 Å². The van der Waals surface area contributed by atoms with Crippen molar-refractivity contribution in [3.05, 3.63) is 35.6 Å². The van der Waals surface area contributed by atoms with Gasteiger partial charge in [-0.2, -0.15) is 0 Å². The van der Waals surface area contributed by atoms with Crippen LogP contribution in [0, 0.1) is 5.82 Å². The standard InChI is InChI=1S/C18H26FN3O3/c1-3-4-5-7-13(2)20-16(23)10-11-17(24)21-22-18(25)14-8-6-9-15(19)12-14/h6,8-9,12-13H,3-5,7,10-11H2,1-2H3,(H,20,23)(H,21,24)(H,22,25). The normalized spacial score (nSPS) is 11.5. The number of nitrogens with one attached hydrogen (secondary N) is 3. The molecule has 25 heavy (non-hydrogen) atoms. The average Bonchev–Trinajstić information content (AvgIpc) is 2.58. The molecule has 0 saturated carbocycles.